The lowest BCUT2D eigenvalue weighted by atomic mass is 10.2. The fourth-order valence-corrected chi connectivity index (χ4v) is 2.87. The summed E-state index contributed by atoms with van der Waals surface area (Å²) >= 11 is 6.10. The van der Waals surface area contributed by atoms with Crippen LogP contribution < -0.4 is 10.1 Å². The first-order chi connectivity index (χ1) is 13.0. The van der Waals surface area contributed by atoms with Crippen molar-refractivity contribution in [3.63, 3.8) is 0 Å². The summed E-state index contributed by atoms with van der Waals surface area (Å²) < 4.78 is 31.2. The topological polar surface area (TPSA) is 69.0 Å². The van der Waals surface area contributed by atoms with Gasteiger partial charge >= 0.3 is 0 Å². The van der Waals surface area contributed by atoms with Gasteiger partial charge in [0.15, 0.2) is 0 Å². The first kappa shape index (κ1) is 19.0. The molecule has 6 nitrogen and oxygen atoms in total. The number of fused-ring (bicyclic) bond motifs is 1. The molecule has 0 aliphatic heterocycles. The summed E-state index contributed by atoms with van der Waals surface area (Å²) in [5.74, 6) is 0.0809. The van der Waals surface area contributed by atoms with Crippen molar-refractivity contribution in [2.24, 2.45) is 0 Å². The van der Waals surface area contributed by atoms with Gasteiger partial charge in [-0.3, -0.25) is 14.5 Å². The Bertz CT molecular complexity index is 962. The van der Waals surface area contributed by atoms with Crippen molar-refractivity contribution in [1.29, 1.82) is 0 Å². The number of amides is 1. The molecule has 1 amide bonds. The summed E-state index contributed by atoms with van der Waals surface area (Å²) in [5.41, 5.74) is 2.21. The molecule has 0 fully saturated rings. The van der Waals surface area contributed by atoms with Crippen molar-refractivity contribution < 1.29 is 18.3 Å². The summed E-state index contributed by atoms with van der Waals surface area (Å²) in [7, 11) is 1.57. The fourth-order valence-electron chi connectivity index (χ4n) is 2.61. The lowest BCUT2D eigenvalue weighted by Crippen LogP contribution is -2.20. The highest BCUT2D eigenvalue weighted by Crippen LogP contribution is 2.26. The summed E-state index contributed by atoms with van der Waals surface area (Å²) in [6.45, 7) is -0.284. The summed E-state index contributed by atoms with van der Waals surface area (Å²) in [6.07, 6.45) is 1.04. The molecule has 0 saturated heterocycles. The number of nitrogens with one attached hydrogen (secondary N) is 1. The Hall–Kier alpha value is -2.74. The molecule has 0 bridgehead atoms. The first-order valence-electron chi connectivity index (χ1n) is 8.17. The van der Waals surface area contributed by atoms with Crippen LogP contribution in [0.15, 0.2) is 36.7 Å². The number of aromatic nitrogens is 3. The fraction of sp³-hybridized carbons (Fsp3) is 0.278. The number of hydrogen-bond acceptors (Lipinski definition) is 4. The summed E-state index contributed by atoms with van der Waals surface area (Å²) in [5, 5.41) is 8.11. The summed E-state index contributed by atoms with van der Waals surface area (Å²) in [4.78, 5) is 15.9. The van der Waals surface area contributed by atoms with Gasteiger partial charge in [-0.05, 0) is 23.8 Å². The smallest absolute Gasteiger partial charge is 0.272 e. The first-order valence-corrected chi connectivity index (χ1v) is 8.55. The number of carbonyl (C=O) groups excluding carboxylic acids is 1. The zero-order chi connectivity index (χ0) is 19.4. The van der Waals surface area contributed by atoms with Crippen molar-refractivity contribution in [2.75, 3.05) is 13.7 Å². The third kappa shape index (κ3) is 4.71. The van der Waals surface area contributed by atoms with Crippen LogP contribution >= 0.6 is 11.6 Å². The maximum absolute atomic E-state index is 12.2. The highest BCUT2D eigenvalue weighted by atomic mass is 35.5. The van der Waals surface area contributed by atoms with E-state index in [1.165, 1.54) is 0 Å². The minimum absolute atomic E-state index is 0.131. The summed E-state index contributed by atoms with van der Waals surface area (Å²) in [6, 6.07) is 6.72. The Morgan fingerprint density at radius 2 is 2.19 bits per heavy atom. The van der Waals surface area contributed by atoms with E-state index in [1.807, 2.05) is 6.20 Å². The van der Waals surface area contributed by atoms with Gasteiger partial charge in [-0.15, -0.1) is 0 Å². The van der Waals surface area contributed by atoms with Gasteiger partial charge in [0, 0.05) is 24.8 Å². The van der Waals surface area contributed by atoms with E-state index >= 15 is 0 Å². The Morgan fingerprint density at radius 3 is 2.89 bits per heavy atom. The van der Waals surface area contributed by atoms with Crippen LogP contribution in [0.5, 0.6) is 5.75 Å². The predicted octanol–water partition coefficient (Wildman–Crippen LogP) is 3.07. The molecule has 2 aromatic heterocycles. The number of ether oxygens (including phenoxy) is 1. The van der Waals surface area contributed by atoms with Crippen LogP contribution in [0, 0.1) is 0 Å². The standard InChI is InChI=1S/C18H17ClF2N4O2/c1-22-18(26)7-15-12-9-25(24-14(12)4-5-23-15)8-11-2-3-16(13(19)6-11)27-10-17(20)21/h2-6,9,17H,7-8,10H2,1H3,(H,22,26). The van der Waals surface area contributed by atoms with E-state index < -0.39 is 13.0 Å². The second-order valence-corrected chi connectivity index (χ2v) is 6.24. The van der Waals surface area contributed by atoms with Crippen LogP contribution in [0.25, 0.3) is 10.9 Å². The Kier molecular flexibility index (Phi) is 5.85. The molecule has 0 aliphatic carbocycles. The van der Waals surface area contributed by atoms with Crippen molar-refractivity contribution in [1.82, 2.24) is 20.1 Å². The van der Waals surface area contributed by atoms with Gasteiger partial charge in [-0.2, -0.15) is 5.10 Å². The van der Waals surface area contributed by atoms with E-state index in [0.717, 1.165) is 16.5 Å². The van der Waals surface area contributed by atoms with Crippen LogP contribution in [0.3, 0.4) is 0 Å². The number of halogens is 3. The molecule has 0 radical (unpaired) electrons. The molecule has 1 aromatic carbocycles. The number of benzene rings is 1. The molecule has 3 aromatic rings. The molecule has 9 heteroatoms. The van der Waals surface area contributed by atoms with Gasteiger partial charge in [0.25, 0.3) is 6.43 Å². The van der Waals surface area contributed by atoms with Crippen molar-refractivity contribution in [3.05, 3.63) is 52.9 Å². The van der Waals surface area contributed by atoms with Crippen LogP contribution in [0.2, 0.25) is 5.02 Å². The van der Waals surface area contributed by atoms with Gasteiger partial charge in [0.2, 0.25) is 5.91 Å². The lowest BCUT2D eigenvalue weighted by molar-refractivity contribution is -0.119. The Balaban J connectivity index is 1.79. The van der Waals surface area contributed by atoms with Crippen LogP contribution in [-0.2, 0) is 17.8 Å². The van der Waals surface area contributed by atoms with Crippen molar-refractivity contribution in [2.45, 2.75) is 19.4 Å². The SMILES string of the molecule is CNC(=O)Cc1nccc2nn(Cc3ccc(OCC(F)F)c(Cl)c3)cc12. The Morgan fingerprint density at radius 1 is 1.37 bits per heavy atom. The number of likely N-dealkylation sites (N-methyl/N-ethyl adjacent to an activating group) is 1. The highest BCUT2D eigenvalue weighted by molar-refractivity contribution is 6.32. The second-order valence-electron chi connectivity index (χ2n) is 5.83. The number of carbonyl (C=O) groups is 1. The second kappa shape index (κ2) is 8.30. The van der Waals surface area contributed by atoms with Crippen LogP contribution in [0.1, 0.15) is 11.3 Å². The Labute approximate surface area is 159 Å². The van der Waals surface area contributed by atoms with Gasteiger partial charge < -0.3 is 10.1 Å². The minimum Gasteiger partial charge on any atom is -0.486 e. The number of alkyl halides is 2. The molecule has 27 heavy (non-hydrogen) atoms. The quantitative estimate of drug-likeness (QED) is 0.668. The van der Waals surface area contributed by atoms with Gasteiger partial charge in [-0.25, -0.2) is 8.78 Å². The minimum atomic E-state index is -2.56. The third-order valence-corrected chi connectivity index (χ3v) is 4.17. The van der Waals surface area contributed by atoms with E-state index in [9.17, 15) is 13.6 Å². The van der Waals surface area contributed by atoms with Crippen LogP contribution in [0.4, 0.5) is 8.78 Å². The van der Waals surface area contributed by atoms with Gasteiger partial charge in [0.05, 0.1) is 29.2 Å². The molecule has 0 spiro atoms. The average molecular weight is 395 g/mol. The monoisotopic (exact) mass is 394 g/mol. The molecule has 0 atom stereocenters. The zero-order valence-corrected chi connectivity index (χ0v) is 15.2. The lowest BCUT2D eigenvalue weighted by Gasteiger charge is -2.09. The highest BCUT2D eigenvalue weighted by Gasteiger charge is 2.12. The number of pyridine rings is 1. The average Bonchev–Trinajstić information content (AvgIpc) is 3.04. The van der Waals surface area contributed by atoms with Crippen molar-refractivity contribution in [3.8, 4) is 5.75 Å². The molecular weight excluding hydrogens is 378 g/mol. The molecule has 142 valence electrons. The molecule has 1 N–H and O–H groups in total. The normalized spacial score (nSPS) is 11.1. The number of nitrogens with zero attached hydrogens (tertiary/aromatic N) is 3. The van der Waals surface area contributed by atoms with Gasteiger partial charge in [-0.1, -0.05) is 17.7 Å². The van der Waals surface area contributed by atoms with Gasteiger partial charge in [0.1, 0.15) is 12.4 Å². The van der Waals surface area contributed by atoms with Crippen molar-refractivity contribution >= 4 is 28.4 Å². The maximum Gasteiger partial charge on any atom is 0.272 e. The van der Waals surface area contributed by atoms with E-state index in [-0.39, 0.29) is 23.1 Å². The maximum atomic E-state index is 12.2. The molecular formula is C18H17ClF2N4O2. The molecule has 0 saturated carbocycles. The predicted molar refractivity (Wildman–Crippen MR) is 97.4 cm³/mol. The van der Waals surface area contributed by atoms with Crippen LogP contribution in [-0.4, -0.2) is 40.8 Å². The largest absolute Gasteiger partial charge is 0.486 e. The zero-order valence-electron chi connectivity index (χ0n) is 14.5. The number of rotatable bonds is 7. The molecule has 0 aliphatic rings. The molecule has 2 heterocycles. The molecule has 3 rings (SSSR count). The van der Waals surface area contributed by atoms with E-state index in [0.29, 0.717) is 12.2 Å². The molecule has 0 unspecified atom stereocenters. The third-order valence-electron chi connectivity index (χ3n) is 3.88. The van der Waals surface area contributed by atoms with E-state index in [1.54, 1.807) is 42.2 Å². The number of hydrogen-bond donors (Lipinski definition) is 1. The van der Waals surface area contributed by atoms with E-state index in [4.69, 9.17) is 16.3 Å². The van der Waals surface area contributed by atoms with E-state index in [2.05, 4.69) is 15.4 Å².